The quantitative estimate of drug-likeness (QED) is 0.820. The molecule has 0 bridgehead atoms. The van der Waals surface area contributed by atoms with Crippen molar-refractivity contribution in [2.45, 2.75) is 25.5 Å². The molecule has 98 valence electrons. The summed E-state index contributed by atoms with van der Waals surface area (Å²) < 4.78 is 4.65. The third-order valence-corrected chi connectivity index (χ3v) is 3.48. The maximum absolute atomic E-state index is 11.3. The Bertz CT molecular complexity index is 421. The standard InChI is InChI=1S/C14H19NO3/c1-3-14(17)9-15(10-14)8-11-4-6-12(7-5-11)13(16)18-2/h4-7,17H,3,8-10H2,1-2H3. The molecule has 4 nitrogen and oxygen atoms in total. The molecule has 2 rings (SSSR count). The van der Waals surface area contributed by atoms with Gasteiger partial charge in [0, 0.05) is 19.6 Å². The number of hydrogen-bond donors (Lipinski definition) is 1. The maximum Gasteiger partial charge on any atom is 0.337 e. The lowest BCUT2D eigenvalue weighted by molar-refractivity contribution is -0.103. The van der Waals surface area contributed by atoms with Crippen molar-refractivity contribution in [3.63, 3.8) is 0 Å². The zero-order valence-corrected chi connectivity index (χ0v) is 10.8. The minimum atomic E-state index is -0.494. The van der Waals surface area contributed by atoms with Crippen LogP contribution in [0.15, 0.2) is 24.3 Å². The molecular formula is C14H19NO3. The van der Waals surface area contributed by atoms with E-state index in [0.29, 0.717) is 5.56 Å². The second-order valence-corrected chi connectivity index (χ2v) is 4.91. The van der Waals surface area contributed by atoms with Crippen molar-refractivity contribution in [2.24, 2.45) is 0 Å². The van der Waals surface area contributed by atoms with Gasteiger partial charge in [-0.3, -0.25) is 4.90 Å². The largest absolute Gasteiger partial charge is 0.465 e. The van der Waals surface area contributed by atoms with E-state index in [4.69, 9.17) is 0 Å². The number of esters is 1. The van der Waals surface area contributed by atoms with Gasteiger partial charge in [0.1, 0.15) is 0 Å². The van der Waals surface area contributed by atoms with E-state index in [9.17, 15) is 9.90 Å². The molecule has 1 aliphatic heterocycles. The van der Waals surface area contributed by atoms with Gasteiger partial charge in [-0.1, -0.05) is 19.1 Å². The third-order valence-electron chi connectivity index (χ3n) is 3.48. The van der Waals surface area contributed by atoms with Gasteiger partial charge >= 0.3 is 5.97 Å². The van der Waals surface area contributed by atoms with Crippen molar-refractivity contribution >= 4 is 5.97 Å². The lowest BCUT2D eigenvalue weighted by Crippen LogP contribution is -2.60. The van der Waals surface area contributed by atoms with E-state index in [1.54, 1.807) is 12.1 Å². The molecule has 0 spiro atoms. The topological polar surface area (TPSA) is 49.8 Å². The number of carbonyl (C=O) groups is 1. The van der Waals surface area contributed by atoms with Gasteiger partial charge in [-0.05, 0) is 24.1 Å². The van der Waals surface area contributed by atoms with Gasteiger partial charge in [0.2, 0.25) is 0 Å². The van der Waals surface area contributed by atoms with E-state index in [1.165, 1.54) is 7.11 Å². The van der Waals surface area contributed by atoms with Gasteiger partial charge in [0.05, 0.1) is 18.3 Å². The average molecular weight is 249 g/mol. The molecule has 18 heavy (non-hydrogen) atoms. The molecule has 1 aromatic rings. The number of rotatable bonds is 4. The van der Waals surface area contributed by atoms with Crippen LogP contribution in [-0.2, 0) is 11.3 Å². The fourth-order valence-electron chi connectivity index (χ4n) is 2.24. The highest BCUT2D eigenvalue weighted by Gasteiger charge is 2.38. The maximum atomic E-state index is 11.3. The number of aliphatic hydroxyl groups is 1. The minimum absolute atomic E-state index is 0.314. The van der Waals surface area contributed by atoms with Gasteiger partial charge in [-0.2, -0.15) is 0 Å². The minimum Gasteiger partial charge on any atom is -0.465 e. The molecule has 0 saturated carbocycles. The number of nitrogens with zero attached hydrogens (tertiary/aromatic N) is 1. The Kier molecular flexibility index (Phi) is 3.68. The SMILES string of the molecule is CCC1(O)CN(Cc2ccc(C(=O)OC)cc2)C1. The molecule has 1 aromatic carbocycles. The summed E-state index contributed by atoms with van der Waals surface area (Å²) in [6, 6.07) is 7.39. The van der Waals surface area contributed by atoms with Crippen LogP contribution in [-0.4, -0.2) is 41.8 Å². The van der Waals surface area contributed by atoms with Crippen LogP contribution in [0, 0.1) is 0 Å². The van der Waals surface area contributed by atoms with Crippen molar-refractivity contribution in [1.29, 1.82) is 0 Å². The number of β-amino-alcohol motifs (C(OH)–C–C–N with tert-alkyl or cyclic N) is 1. The Morgan fingerprint density at radius 1 is 1.39 bits per heavy atom. The summed E-state index contributed by atoms with van der Waals surface area (Å²) in [6.07, 6.45) is 0.796. The van der Waals surface area contributed by atoms with Crippen LogP contribution in [0.2, 0.25) is 0 Å². The van der Waals surface area contributed by atoms with Gasteiger partial charge in [-0.15, -0.1) is 0 Å². The Balaban J connectivity index is 1.90. The normalized spacial score (nSPS) is 18.2. The third kappa shape index (κ3) is 2.71. The first-order valence-electron chi connectivity index (χ1n) is 6.18. The number of hydrogen-bond acceptors (Lipinski definition) is 4. The number of benzene rings is 1. The summed E-state index contributed by atoms with van der Waals surface area (Å²) in [5.41, 5.74) is 1.21. The second-order valence-electron chi connectivity index (χ2n) is 4.91. The second kappa shape index (κ2) is 5.08. The number of ether oxygens (including phenoxy) is 1. The smallest absolute Gasteiger partial charge is 0.337 e. The van der Waals surface area contributed by atoms with E-state index in [-0.39, 0.29) is 5.97 Å². The fraction of sp³-hybridized carbons (Fsp3) is 0.500. The molecule has 0 amide bonds. The highest BCUT2D eigenvalue weighted by Crippen LogP contribution is 2.25. The monoisotopic (exact) mass is 249 g/mol. The Labute approximate surface area is 107 Å². The van der Waals surface area contributed by atoms with Crippen LogP contribution in [0.1, 0.15) is 29.3 Å². The van der Waals surface area contributed by atoms with Crippen LogP contribution < -0.4 is 0 Å². The first kappa shape index (κ1) is 13.1. The zero-order valence-electron chi connectivity index (χ0n) is 10.8. The Morgan fingerprint density at radius 2 is 2.00 bits per heavy atom. The van der Waals surface area contributed by atoms with E-state index in [0.717, 1.165) is 31.6 Å². The van der Waals surface area contributed by atoms with Crippen molar-refractivity contribution in [3.8, 4) is 0 Å². The van der Waals surface area contributed by atoms with Crippen molar-refractivity contribution < 1.29 is 14.6 Å². The van der Waals surface area contributed by atoms with Crippen molar-refractivity contribution in [1.82, 2.24) is 4.90 Å². The summed E-state index contributed by atoms with van der Waals surface area (Å²) in [7, 11) is 1.38. The van der Waals surface area contributed by atoms with E-state index in [2.05, 4.69) is 9.64 Å². The summed E-state index contributed by atoms with van der Waals surface area (Å²) >= 11 is 0. The summed E-state index contributed by atoms with van der Waals surface area (Å²) in [5, 5.41) is 9.91. The summed E-state index contributed by atoms with van der Waals surface area (Å²) in [6.45, 7) is 4.26. The van der Waals surface area contributed by atoms with Gasteiger partial charge in [0.15, 0.2) is 0 Å². The van der Waals surface area contributed by atoms with Crippen molar-refractivity contribution in [3.05, 3.63) is 35.4 Å². The Morgan fingerprint density at radius 3 is 2.50 bits per heavy atom. The van der Waals surface area contributed by atoms with Gasteiger partial charge in [0.25, 0.3) is 0 Å². The van der Waals surface area contributed by atoms with Crippen LogP contribution in [0.5, 0.6) is 0 Å². The first-order valence-corrected chi connectivity index (χ1v) is 6.18. The van der Waals surface area contributed by atoms with Crippen molar-refractivity contribution in [2.75, 3.05) is 20.2 Å². The lowest BCUT2D eigenvalue weighted by atomic mass is 9.91. The number of likely N-dealkylation sites (tertiary alicyclic amines) is 1. The summed E-state index contributed by atoms with van der Waals surface area (Å²) in [4.78, 5) is 13.5. The van der Waals surface area contributed by atoms with E-state index < -0.39 is 5.60 Å². The van der Waals surface area contributed by atoms with Crippen LogP contribution in [0.3, 0.4) is 0 Å². The predicted molar refractivity (Wildman–Crippen MR) is 68.3 cm³/mol. The zero-order chi connectivity index (χ0) is 13.2. The fourth-order valence-corrected chi connectivity index (χ4v) is 2.24. The molecule has 1 heterocycles. The number of carbonyl (C=O) groups excluding carboxylic acids is 1. The first-order chi connectivity index (χ1) is 8.56. The van der Waals surface area contributed by atoms with E-state index >= 15 is 0 Å². The number of methoxy groups -OCH3 is 1. The molecule has 0 aromatic heterocycles. The predicted octanol–water partition coefficient (Wildman–Crippen LogP) is 1.43. The molecule has 0 radical (unpaired) electrons. The molecule has 1 saturated heterocycles. The molecule has 0 unspecified atom stereocenters. The summed E-state index contributed by atoms with van der Waals surface area (Å²) in [5.74, 6) is -0.314. The van der Waals surface area contributed by atoms with Gasteiger partial charge in [-0.25, -0.2) is 4.79 Å². The molecule has 1 fully saturated rings. The molecule has 4 heteroatoms. The molecule has 0 aliphatic carbocycles. The molecule has 0 atom stereocenters. The lowest BCUT2D eigenvalue weighted by Gasteiger charge is -2.46. The van der Waals surface area contributed by atoms with Crippen LogP contribution in [0.4, 0.5) is 0 Å². The molecular weight excluding hydrogens is 230 g/mol. The molecule has 1 N–H and O–H groups in total. The molecule has 1 aliphatic rings. The Hall–Kier alpha value is -1.39. The van der Waals surface area contributed by atoms with Crippen LogP contribution in [0.25, 0.3) is 0 Å². The average Bonchev–Trinajstić information content (AvgIpc) is 2.36. The van der Waals surface area contributed by atoms with Gasteiger partial charge < -0.3 is 9.84 Å². The highest BCUT2D eigenvalue weighted by molar-refractivity contribution is 5.89. The van der Waals surface area contributed by atoms with Crippen LogP contribution >= 0.6 is 0 Å². The van der Waals surface area contributed by atoms with E-state index in [1.807, 2.05) is 19.1 Å². The highest BCUT2D eigenvalue weighted by atomic mass is 16.5.